The summed E-state index contributed by atoms with van der Waals surface area (Å²) >= 11 is 0. The van der Waals surface area contributed by atoms with E-state index in [0.29, 0.717) is 17.7 Å². The lowest BCUT2D eigenvalue weighted by atomic mass is 9.51. The molecule has 0 saturated heterocycles. The highest BCUT2D eigenvalue weighted by molar-refractivity contribution is 5.94. The van der Waals surface area contributed by atoms with E-state index in [1.54, 1.807) is 30.5 Å². The van der Waals surface area contributed by atoms with Crippen LogP contribution in [0.3, 0.4) is 0 Å². The van der Waals surface area contributed by atoms with Crippen molar-refractivity contribution in [2.24, 2.45) is 29.1 Å². The van der Waals surface area contributed by atoms with Gasteiger partial charge in [-0.15, -0.1) is 0 Å². The van der Waals surface area contributed by atoms with Gasteiger partial charge in [-0.1, -0.05) is 26.8 Å². The van der Waals surface area contributed by atoms with Crippen LogP contribution in [0, 0.1) is 40.4 Å². The first-order chi connectivity index (χ1) is 17.2. The summed E-state index contributed by atoms with van der Waals surface area (Å²) in [6, 6.07) is 14.2. The van der Waals surface area contributed by atoms with Crippen molar-refractivity contribution in [1.29, 1.82) is 5.26 Å². The molecule has 1 aromatic heterocycles. The number of pyridine rings is 1. The Labute approximate surface area is 213 Å². The molecule has 2 aliphatic rings. The second-order valence-electron chi connectivity index (χ2n) is 10.9. The number of amides is 2. The second-order valence-corrected chi connectivity index (χ2v) is 10.9. The van der Waals surface area contributed by atoms with Gasteiger partial charge in [0, 0.05) is 23.7 Å². The predicted molar refractivity (Wildman–Crippen MR) is 136 cm³/mol. The van der Waals surface area contributed by atoms with Crippen molar-refractivity contribution in [2.75, 3.05) is 0 Å². The van der Waals surface area contributed by atoms with Gasteiger partial charge in [0.25, 0.3) is 5.91 Å². The van der Waals surface area contributed by atoms with Crippen LogP contribution in [0.25, 0.3) is 0 Å². The molecule has 2 amide bonds. The standard InChI is InChI=1S/C29H36N4O3/c1-18(27(35)32-17-22-6-4-5-15-31-22)23-11-13-29(3)14-12-24(19(2)25(29)26(23)34)33-28(36)21-9-7-20(16-30)8-10-21/h4-10,15,18-19,23-26,34H,11-14,17H2,1-3H3,(H,32,35)(H,33,36). The summed E-state index contributed by atoms with van der Waals surface area (Å²) in [5, 5.41) is 26.8. The highest BCUT2D eigenvalue weighted by Gasteiger charge is 2.53. The van der Waals surface area contributed by atoms with Crippen molar-refractivity contribution in [3.8, 4) is 6.07 Å². The maximum Gasteiger partial charge on any atom is 0.251 e. The Bertz CT molecular complexity index is 1110. The van der Waals surface area contributed by atoms with Gasteiger partial charge in [-0.25, -0.2) is 0 Å². The quantitative estimate of drug-likeness (QED) is 0.572. The topological polar surface area (TPSA) is 115 Å². The smallest absolute Gasteiger partial charge is 0.251 e. The Kier molecular flexibility index (Phi) is 7.75. The molecular weight excluding hydrogens is 452 g/mol. The van der Waals surface area contributed by atoms with Gasteiger partial charge in [0.1, 0.15) is 0 Å². The number of fused-ring (bicyclic) bond motifs is 1. The van der Waals surface area contributed by atoms with Crippen LogP contribution in [0.5, 0.6) is 0 Å². The van der Waals surface area contributed by atoms with E-state index in [4.69, 9.17) is 5.26 Å². The molecule has 7 unspecified atom stereocenters. The van der Waals surface area contributed by atoms with Gasteiger partial charge >= 0.3 is 0 Å². The second kappa shape index (κ2) is 10.8. The Hall–Kier alpha value is -3.24. The molecule has 7 nitrogen and oxygen atoms in total. The van der Waals surface area contributed by atoms with E-state index in [-0.39, 0.29) is 46.9 Å². The average Bonchev–Trinajstić information content (AvgIpc) is 2.89. The molecule has 2 aromatic rings. The highest BCUT2D eigenvalue weighted by atomic mass is 16.3. The third-order valence-electron chi connectivity index (χ3n) is 8.71. The fourth-order valence-corrected chi connectivity index (χ4v) is 6.48. The minimum absolute atomic E-state index is 0.0118. The lowest BCUT2D eigenvalue weighted by Crippen LogP contribution is -2.58. The molecule has 1 aromatic carbocycles. The van der Waals surface area contributed by atoms with Crippen LogP contribution in [-0.2, 0) is 11.3 Å². The van der Waals surface area contributed by atoms with Crippen molar-refractivity contribution in [2.45, 2.75) is 65.1 Å². The molecule has 4 rings (SSSR count). The van der Waals surface area contributed by atoms with Crippen molar-refractivity contribution in [3.63, 3.8) is 0 Å². The number of aromatic nitrogens is 1. The number of benzene rings is 1. The fourth-order valence-electron chi connectivity index (χ4n) is 6.48. The maximum absolute atomic E-state index is 13.0. The van der Waals surface area contributed by atoms with Crippen LogP contribution in [0.2, 0.25) is 0 Å². The molecule has 7 atom stereocenters. The van der Waals surface area contributed by atoms with Gasteiger partial charge in [-0.2, -0.15) is 5.26 Å². The first-order valence-electron chi connectivity index (χ1n) is 12.9. The molecule has 2 saturated carbocycles. The summed E-state index contributed by atoms with van der Waals surface area (Å²) < 4.78 is 0. The normalized spacial score (nSPS) is 30.4. The lowest BCUT2D eigenvalue weighted by Gasteiger charge is -2.56. The van der Waals surface area contributed by atoms with E-state index in [1.807, 2.05) is 25.1 Å². The van der Waals surface area contributed by atoms with Crippen molar-refractivity contribution >= 4 is 11.8 Å². The molecule has 1 heterocycles. The zero-order chi connectivity index (χ0) is 25.9. The van der Waals surface area contributed by atoms with E-state index in [9.17, 15) is 14.7 Å². The Morgan fingerprint density at radius 2 is 1.92 bits per heavy atom. The first-order valence-corrected chi connectivity index (χ1v) is 12.9. The number of carbonyl (C=O) groups is 2. The molecule has 36 heavy (non-hydrogen) atoms. The molecule has 7 heteroatoms. The van der Waals surface area contributed by atoms with Crippen molar-refractivity contribution in [1.82, 2.24) is 15.6 Å². The van der Waals surface area contributed by atoms with Gasteiger partial charge < -0.3 is 15.7 Å². The molecule has 3 N–H and O–H groups in total. The number of rotatable bonds is 6. The minimum atomic E-state index is -0.621. The van der Waals surface area contributed by atoms with Crippen molar-refractivity contribution in [3.05, 3.63) is 65.5 Å². The summed E-state index contributed by atoms with van der Waals surface area (Å²) in [6.07, 6.45) is 4.62. The average molecular weight is 489 g/mol. The molecule has 0 bridgehead atoms. The third kappa shape index (κ3) is 5.29. The van der Waals surface area contributed by atoms with Gasteiger partial charge in [-0.05, 0) is 85.3 Å². The van der Waals surface area contributed by atoms with Crippen LogP contribution >= 0.6 is 0 Å². The number of carbonyl (C=O) groups excluding carboxylic acids is 2. The number of aliphatic hydroxyl groups excluding tert-OH is 1. The number of nitrogens with zero attached hydrogens (tertiary/aromatic N) is 2. The number of nitriles is 1. The fraction of sp³-hybridized carbons (Fsp3) is 0.517. The molecule has 190 valence electrons. The van der Waals surface area contributed by atoms with Gasteiger partial charge in [-0.3, -0.25) is 14.6 Å². The van der Waals surface area contributed by atoms with Gasteiger partial charge in [0.2, 0.25) is 5.91 Å². The van der Waals surface area contributed by atoms with E-state index in [1.165, 1.54) is 0 Å². The minimum Gasteiger partial charge on any atom is -0.392 e. The number of nitrogens with one attached hydrogen (secondary N) is 2. The van der Waals surface area contributed by atoms with Crippen molar-refractivity contribution < 1.29 is 14.7 Å². The van der Waals surface area contributed by atoms with Crippen LogP contribution < -0.4 is 10.6 Å². The summed E-state index contributed by atoms with van der Waals surface area (Å²) in [6.45, 7) is 6.64. The predicted octanol–water partition coefficient (Wildman–Crippen LogP) is 3.83. The zero-order valence-electron chi connectivity index (χ0n) is 21.3. The molecule has 0 radical (unpaired) electrons. The SMILES string of the molecule is CC(C(=O)NCc1ccccn1)C1CCC2(C)CCC(NC(=O)c3ccc(C#N)cc3)C(C)C2C1O. The largest absolute Gasteiger partial charge is 0.392 e. The van der Waals surface area contributed by atoms with Gasteiger partial charge in [0.15, 0.2) is 0 Å². The van der Waals surface area contributed by atoms with E-state index >= 15 is 0 Å². The lowest BCUT2D eigenvalue weighted by molar-refractivity contribution is -0.142. The Morgan fingerprint density at radius 3 is 2.58 bits per heavy atom. The van der Waals surface area contributed by atoms with Crippen LogP contribution in [0.4, 0.5) is 0 Å². The monoisotopic (exact) mass is 488 g/mol. The van der Waals surface area contributed by atoms with Crippen LogP contribution in [0.1, 0.15) is 68.1 Å². The number of aliphatic hydroxyl groups is 1. The molecule has 0 spiro atoms. The summed E-state index contributed by atoms with van der Waals surface area (Å²) in [7, 11) is 0. The van der Waals surface area contributed by atoms with Crippen LogP contribution in [0.15, 0.2) is 48.7 Å². The number of hydrogen-bond acceptors (Lipinski definition) is 5. The highest BCUT2D eigenvalue weighted by Crippen LogP contribution is 2.55. The van der Waals surface area contributed by atoms with E-state index < -0.39 is 6.10 Å². The summed E-state index contributed by atoms with van der Waals surface area (Å²) in [5.41, 5.74) is 1.82. The first kappa shape index (κ1) is 25.8. The molecule has 2 aliphatic carbocycles. The number of hydrogen-bond donors (Lipinski definition) is 3. The molecule has 2 fully saturated rings. The summed E-state index contributed by atoms with van der Waals surface area (Å²) in [4.78, 5) is 30.1. The summed E-state index contributed by atoms with van der Waals surface area (Å²) in [5.74, 6) is -0.641. The molecular formula is C29H36N4O3. The zero-order valence-corrected chi connectivity index (χ0v) is 21.3. The Morgan fingerprint density at radius 1 is 1.19 bits per heavy atom. The van der Waals surface area contributed by atoms with Crippen LogP contribution in [-0.4, -0.2) is 34.1 Å². The maximum atomic E-state index is 13.0. The van der Waals surface area contributed by atoms with Gasteiger partial charge in [0.05, 0.1) is 30.0 Å². The van der Waals surface area contributed by atoms with E-state index in [2.05, 4.69) is 35.5 Å². The molecule has 0 aliphatic heterocycles. The third-order valence-corrected chi connectivity index (χ3v) is 8.71. The van der Waals surface area contributed by atoms with E-state index in [0.717, 1.165) is 31.4 Å². The Balaban J connectivity index is 1.42.